The largest absolute Gasteiger partial charge is 0.377 e. The van der Waals surface area contributed by atoms with Gasteiger partial charge in [-0.05, 0) is 59.3 Å². The van der Waals surface area contributed by atoms with E-state index in [0.717, 1.165) is 50.1 Å². The maximum Gasteiger partial charge on any atom is 0.0717 e. The second-order valence-electron chi connectivity index (χ2n) is 17.9. The molecule has 0 amide bonds. The minimum Gasteiger partial charge on any atom is -0.377 e. The number of hydrogen-bond donors (Lipinski definition) is 6. The van der Waals surface area contributed by atoms with Crippen molar-refractivity contribution in [2.24, 2.45) is 11.5 Å². The minimum absolute atomic E-state index is 0.0545. The first-order valence-electron chi connectivity index (χ1n) is 25.7. The number of nitrogens with two attached hydrogens (primary N) is 2. The molecule has 0 aliphatic carbocycles. The van der Waals surface area contributed by atoms with E-state index in [-0.39, 0.29) is 24.2 Å². The summed E-state index contributed by atoms with van der Waals surface area (Å²) in [4.78, 5) is 0. The molecule has 0 spiro atoms. The molecule has 0 aliphatic rings. The van der Waals surface area contributed by atoms with E-state index in [1.807, 2.05) is 133 Å². The minimum atomic E-state index is -0.0545. The van der Waals surface area contributed by atoms with Crippen LogP contribution >= 0.6 is 0 Å². The van der Waals surface area contributed by atoms with Crippen molar-refractivity contribution in [3.8, 4) is 0 Å². The Bertz CT molecular complexity index is 1980. The van der Waals surface area contributed by atoms with Crippen LogP contribution in [-0.2, 0) is 68.1 Å². The molecule has 0 saturated heterocycles. The lowest BCUT2D eigenvalue weighted by Crippen LogP contribution is -2.48. The second kappa shape index (κ2) is 38.5. The van der Waals surface area contributed by atoms with Gasteiger partial charge in [-0.15, -0.1) is 0 Å². The fourth-order valence-corrected chi connectivity index (χ4v) is 7.46. The third-order valence-electron chi connectivity index (χ3n) is 11.4. The number of benzene rings is 6. The third-order valence-corrected chi connectivity index (χ3v) is 11.4. The van der Waals surface area contributed by atoms with Crippen molar-refractivity contribution >= 4 is 0 Å². The topological polar surface area (TPSA) is 156 Å². The summed E-state index contributed by atoms with van der Waals surface area (Å²) in [5.41, 5.74) is 19.2. The summed E-state index contributed by atoms with van der Waals surface area (Å²) in [5, 5.41) is 14.3. The summed E-state index contributed by atoms with van der Waals surface area (Å²) in [5.74, 6) is 0. The average Bonchev–Trinajstić information content (AvgIpc) is 3.42. The van der Waals surface area contributed by atoms with Gasteiger partial charge >= 0.3 is 0 Å². The lowest BCUT2D eigenvalue weighted by molar-refractivity contribution is 0.0877. The van der Waals surface area contributed by atoms with E-state index < -0.39 is 0 Å². The first-order chi connectivity index (χ1) is 35.6. The predicted octanol–water partition coefficient (Wildman–Crippen LogP) is 7.80. The zero-order valence-electron chi connectivity index (χ0n) is 42.4. The summed E-state index contributed by atoms with van der Waals surface area (Å²) in [6.07, 6.45) is 1.87. The lowest BCUT2D eigenvalue weighted by Gasteiger charge is -2.23. The molecule has 0 heterocycles. The molecule has 0 aromatic heterocycles. The lowest BCUT2D eigenvalue weighted by atomic mass is 10.2. The SMILES string of the molecule is NC(CNCC(N)COCc1ccccc1)COCc1ccccc1.c1ccc(COCCCNC(CNCC(COCc2ccccc2)NCCCOCc2ccccc2)COCc2ccccc2)cc1. The Morgan fingerprint density at radius 1 is 0.306 bits per heavy atom. The molecule has 6 rings (SSSR count). The zero-order chi connectivity index (χ0) is 50.2. The van der Waals surface area contributed by atoms with Crippen molar-refractivity contribution in [2.45, 2.75) is 76.7 Å². The molecule has 72 heavy (non-hydrogen) atoms. The maximum atomic E-state index is 6.14. The Morgan fingerprint density at radius 3 is 0.847 bits per heavy atom. The molecule has 0 aliphatic heterocycles. The molecular formula is C60H82N6O6. The van der Waals surface area contributed by atoms with Crippen LogP contribution in [0.5, 0.6) is 0 Å². The molecule has 12 heteroatoms. The number of hydrogen-bond acceptors (Lipinski definition) is 12. The Balaban J connectivity index is 0.000000323. The molecule has 12 nitrogen and oxygen atoms in total. The number of ether oxygens (including phenoxy) is 6. The Kier molecular flexibility index (Phi) is 30.8. The molecule has 0 radical (unpaired) electrons. The van der Waals surface area contributed by atoms with E-state index in [2.05, 4.69) is 69.8 Å². The van der Waals surface area contributed by atoms with Crippen LogP contribution in [0.1, 0.15) is 46.2 Å². The molecule has 4 unspecified atom stereocenters. The van der Waals surface area contributed by atoms with Crippen LogP contribution in [0.15, 0.2) is 182 Å². The Morgan fingerprint density at radius 2 is 0.556 bits per heavy atom. The first kappa shape index (κ1) is 57.7. The van der Waals surface area contributed by atoms with Crippen LogP contribution in [-0.4, -0.2) is 103 Å². The summed E-state index contributed by atoms with van der Waals surface area (Å²) in [6, 6.07) is 61.7. The fourth-order valence-electron chi connectivity index (χ4n) is 7.46. The smallest absolute Gasteiger partial charge is 0.0717 e. The van der Waals surface area contributed by atoms with Crippen molar-refractivity contribution in [1.82, 2.24) is 21.3 Å². The van der Waals surface area contributed by atoms with Gasteiger partial charge in [-0.1, -0.05) is 182 Å². The molecule has 0 saturated carbocycles. The van der Waals surface area contributed by atoms with Gasteiger partial charge in [0.2, 0.25) is 0 Å². The maximum absolute atomic E-state index is 6.14. The molecule has 8 N–H and O–H groups in total. The summed E-state index contributed by atoms with van der Waals surface area (Å²) < 4.78 is 35.3. The standard InChI is InChI=1S/C40H53N3O4.C20H29N3O2/c1-5-15-35(16-6-1)29-44-25-13-23-42-39(33-46-31-37-19-9-3-10-20-37)27-41-28-40(34-47-32-38-21-11-4-12-22-38)43-24-14-26-45-30-36-17-7-2-8-18-36;21-19(15-24-13-17-7-3-1-4-8-17)11-23-12-20(22)16-25-14-18-9-5-2-6-10-18/h1-12,15-22,39-43H,13-14,23-34H2;1-10,19-20,23H,11-16,21-22H2. The van der Waals surface area contributed by atoms with Crippen molar-refractivity contribution < 1.29 is 28.4 Å². The van der Waals surface area contributed by atoms with Gasteiger partial charge < -0.3 is 61.2 Å². The van der Waals surface area contributed by atoms with Crippen molar-refractivity contribution in [2.75, 3.05) is 78.9 Å². The van der Waals surface area contributed by atoms with E-state index in [4.69, 9.17) is 39.9 Å². The summed E-state index contributed by atoms with van der Waals surface area (Å²) in [7, 11) is 0. The van der Waals surface area contributed by atoms with Gasteiger partial charge in [-0.25, -0.2) is 0 Å². The summed E-state index contributed by atoms with van der Waals surface area (Å²) in [6.45, 7) is 12.0. The predicted molar refractivity (Wildman–Crippen MR) is 291 cm³/mol. The van der Waals surface area contributed by atoms with Gasteiger partial charge in [0.15, 0.2) is 0 Å². The fraction of sp³-hybridized carbons (Fsp3) is 0.400. The quantitative estimate of drug-likeness (QED) is 0.0210. The van der Waals surface area contributed by atoms with Crippen LogP contribution in [0.4, 0.5) is 0 Å². The monoisotopic (exact) mass is 983 g/mol. The van der Waals surface area contributed by atoms with Gasteiger partial charge in [0, 0.05) is 63.6 Å². The van der Waals surface area contributed by atoms with Crippen LogP contribution in [0.2, 0.25) is 0 Å². The third kappa shape index (κ3) is 28.2. The molecule has 4 atom stereocenters. The van der Waals surface area contributed by atoms with E-state index in [9.17, 15) is 0 Å². The highest BCUT2D eigenvalue weighted by Crippen LogP contribution is 2.06. The molecule has 0 bridgehead atoms. The average molecular weight is 983 g/mol. The van der Waals surface area contributed by atoms with E-state index in [1.54, 1.807) is 0 Å². The molecular weight excluding hydrogens is 901 g/mol. The van der Waals surface area contributed by atoms with Crippen molar-refractivity contribution in [3.63, 3.8) is 0 Å². The molecule has 0 fully saturated rings. The highest BCUT2D eigenvalue weighted by Gasteiger charge is 2.13. The number of rotatable bonds is 38. The van der Waals surface area contributed by atoms with Gasteiger partial charge in [0.05, 0.1) is 66.1 Å². The van der Waals surface area contributed by atoms with E-state index in [1.165, 1.54) is 22.3 Å². The van der Waals surface area contributed by atoms with Crippen LogP contribution in [0.3, 0.4) is 0 Å². The van der Waals surface area contributed by atoms with Crippen LogP contribution in [0.25, 0.3) is 0 Å². The van der Waals surface area contributed by atoms with Crippen molar-refractivity contribution in [1.29, 1.82) is 0 Å². The highest BCUT2D eigenvalue weighted by molar-refractivity contribution is 5.17. The Hall–Kier alpha value is -5.16. The van der Waals surface area contributed by atoms with Gasteiger partial charge in [0.25, 0.3) is 0 Å². The van der Waals surface area contributed by atoms with E-state index in [0.29, 0.717) is 92.4 Å². The van der Waals surface area contributed by atoms with Crippen molar-refractivity contribution in [3.05, 3.63) is 215 Å². The molecule has 6 aromatic rings. The normalized spacial score (nSPS) is 12.9. The zero-order valence-corrected chi connectivity index (χ0v) is 42.4. The first-order valence-corrected chi connectivity index (χ1v) is 25.7. The highest BCUT2D eigenvalue weighted by atomic mass is 16.5. The molecule has 388 valence electrons. The van der Waals surface area contributed by atoms with Gasteiger partial charge in [0.1, 0.15) is 0 Å². The van der Waals surface area contributed by atoms with Crippen LogP contribution < -0.4 is 32.7 Å². The van der Waals surface area contributed by atoms with E-state index >= 15 is 0 Å². The second-order valence-corrected chi connectivity index (χ2v) is 17.9. The van der Waals surface area contributed by atoms with Crippen LogP contribution in [0, 0.1) is 0 Å². The Labute approximate surface area is 430 Å². The number of nitrogens with one attached hydrogen (secondary N) is 4. The van der Waals surface area contributed by atoms with Gasteiger partial charge in [-0.2, -0.15) is 0 Å². The van der Waals surface area contributed by atoms with Gasteiger partial charge in [-0.3, -0.25) is 0 Å². The summed E-state index contributed by atoms with van der Waals surface area (Å²) >= 11 is 0. The molecule has 6 aromatic carbocycles.